The zero-order valence-corrected chi connectivity index (χ0v) is 26.0. The summed E-state index contributed by atoms with van der Waals surface area (Å²) in [6, 6.07) is 20.1. The van der Waals surface area contributed by atoms with E-state index in [0.29, 0.717) is 27.9 Å². The molecule has 1 N–H and O–H groups in total. The average Bonchev–Trinajstić information content (AvgIpc) is 2.95. The third-order valence-electron chi connectivity index (χ3n) is 7.95. The molecule has 0 aliphatic carbocycles. The molecule has 1 aliphatic rings. The van der Waals surface area contributed by atoms with E-state index in [0.717, 1.165) is 11.1 Å². The fourth-order valence-corrected chi connectivity index (χ4v) is 6.88. The van der Waals surface area contributed by atoms with Crippen molar-refractivity contribution in [1.82, 2.24) is 4.90 Å². The molecule has 1 heterocycles. The van der Waals surface area contributed by atoms with E-state index < -0.39 is 34.4 Å². The maximum Gasteiger partial charge on any atom is 0.304 e. The van der Waals surface area contributed by atoms with Crippen LogP contribution in [0.3, 0.4) is 0 Å². The Bertz CT molecular complexity index is 1490. The molecule has 11 heteroatoms. The van der Waals surface area contributed by atoms with Crippen LogP contribution in [-0.2, 0) is 20.5 Å². The first-order chi connectivity index (χ1) is 20.0. The number of hydrogen-bond acceptors (Lipinski definition) is 5. The van der Waals surface area contributed by atoms with Gasteiger partial charge in [0.15, 0.2) is 0 Å². The molecule has 4 atom stereocenters. The number of carbonyl (C=O) groups is 2. The van der Waals surface area contributed by atoms with E-state index in [1.807, 2.05) is 37.3 Å². The molecule has 224 valence electrons. The molecule has 0 spiro atoms. The van der Waals surface area contributed by atoms with E-state index in [4.69, 9.17) is 27.9 Å². The number of amides is 1. The van der Waals surface area contributed by atoms with Crippen LogP contribution in [0.25, 0.3) is 0 Å². The minimum absolute atomic E-state index is 0.0250. The molecule has 1 aliphatic heterocycles. The van der Waals surface area contributed by atoms with Crippen LogP contribution in [-0.4, -0.2) is 50.0 Å². The number of carboxylic acids is 1. The summed E-state index contributed by atoms with van der Waals surface area (Å²) in [6.07, 6.45) is 0.301. The molecule has 1 saturated heterocycles. The summed E-state index contributed by atoms with van der Waals surface area (Å²) in [5, 5.41) is 10.9. The molecule has 4 rings (SSSR count). The zero-order valence-electron chi connectivity index (χ0n) is 23.6. The van der Waals surface area contributed by atoms with E-state index in [9.17, 15) is 23.1 Å². The van der Waals surface area contributed by atoms with Crippen LogP contribution in [0, 0.1) is 5.41 Å². The number of anilines is 1. The molecule has 0 saturated carbocycles. The Hall–Kier alpha value is -3.27. The molecule has 0 aromatic heterocycles. The van der Waals surface area contributed by atoms with E-state index >= 15 is 0 Å². The Balaban J connectivity index is 1.88. The first-order valence-electron chi connectivity index (χ1n) is 13.6. The van der Waals surface area contributed by atoms with E-state index in [-0.39, 0.29) is 31.2 Å². The minimum atomic E-state index is -3.07. The van der Waals surface area contributed by atoms with Gasteiger partial charge in [0.2, 0.25) is 16.8 Å². The van der Waals surface area contributed by atoms with Crippen molar-refractivity contribution in [1.29, 1.82) is 0 Å². The average molecular weight is 634 g/mol. The number of carboxylic acid groups (broad SMARTS) is 1. The van der Waals surface area contributed by atoms with E-state index in [1.165, 1.54) is 11.4 Å². The van der Waals surface area contributed by atoms with Crippen LogP contribution in [0.2, 0.25) is 10.0 Å². The van der Waals surface area contributed by atoms with Crippen molar-refractivity contribution in [3.63, 3.8) is 0 Å². The highest BCUT2D eigenvalue weighted by atomic mass is 35.5. The van der Waals surface area contributed by atoms with Gasteiger partial charge in [-0.3, -0.25) is 13.9 Å². The van der Waals surface area contributed by atoms with Crippen LogP contribution in [0.5, 0.6) is 5.75 Å². The molecule has 1 fully saturated rings. The lowest BCUT2D eigenvalue weighted by atomic mass is 9.67. The second-order valence-corrected chi connectivity index (χ2v) is 12.6. The third-order valence-corrected chi connectivity index (χ3v) is 9.22. The van der Waals surface area contributed by atoms with Gasteiger partial charge in [-0.05, 0) is 72.5 Å². The highest BCUT2D eigenvalue weighted by molar-refractivity contribution is 7.74. The summed E-state index contributed by atoms with van der Waals surface area (Å²) in [6.45, 7) is 3.54. The number of halogens is 2. The summed E-state index contributed by atoms with van der Waals surface area (Å²) in [5.74, 6) is -1.19. The Kier molecular flexibility index (Phi) is 10.1. The van der Waals surface area contributed by atoms with Gasteiger partial charge in [0.05, 0.1) is 43.3 Å². The van der Waals surface area contributed by atoms with E-state index in [1.54, 1.807) is 54.3 Å². The lowest BCUT2D eigenvalue weighted by Crippen LogP contribution is -2.58. The molecule has 1 amide bonds. The van der Waals surface area contributed by atoms with Crippen molar-refractivity contribution in [3.8, 4) is 5.75 Å². The number of aliphatic carboxylic acids is 1. The van der Waals surface area contributed by atoms with Crippen molar-refractivity contribution < 1.29 is 27.9 Å². The number of piperidine rings is 1. The second-order valence-electron chi connectivity index (χ2n) is 10.8. The first kappa shape index (κ1) is 31.7. The second kappa shape index (κ2) is 13.4. The minimum Gasteiger partial charge on any atom is -0.497 e. The van der Waals surface area contributed by atoms with Crippen LogP contribution < -0.4 is 9.04 Å². The maximum atomic E-state index is 14.5. The molecule has 3 aromatic carbocycles. The number of ether oxygens (including phenoxy) is 1. The molecule has 0 bridgehead atoms. The van der Waals surface area contributed by atoms with Gasteiger partial charge in [-0.2, -0.15) is 0 Å². The predicted octanol–water partition coefficient (Wildman–Crippen LogP) is 6.35. The van der Waals surface area contributed by atoms with Gasteiger partial charge in [0.25, 0.3) is 0 Å². The molecule has 42 heavy (non-hydrogen) atoms. The summed E-state index contributed by atoms with van der Waals surface area (Å²) in [7, 11) is -1.55. The smallest absolute Gasteiger partial charge is 0.304 e. The number of hydrogen-bond donors (Lipinski definition) is 2. The Morgan fingerprint density at radius 3 is 2.29 bits per heavy atom. The number of nitrogens with zero attached hydrogens (tertiary/aromatic N) is 2. The zero-order chi connectivity index (χ0) is 30.6. The lowest BCUT2D eigenvalue weighted by Gasteiger charge is -2.52. The van der Waals surface area contributed by atoms with Gasteiger partial charge >= 0.3 is 5.97 Å². The molecular formula is C31H34Cl2N2O6S. The Morgan fingerprint density at radius 2 is 1.74 bits per heavy atom. The first-order valence-corrected chi connectivity index (χ1v) is 15.5. The van der Waals surface area contributed by atoms with Crippen molar-refractivity contribution >= 4 is 51.7 Å². The number of benzene rings is 3. The van der Waals surface area contributed by atoms with Crippen LogP contribution in [0.1, 0.15) is 56.2 Å². The summed E-state index contributed by atoms with van der Waals surface area (Å²) < 4.78 is 31.6. The van der Waals surface area contributed by atoms with Crippen molar-refractivity contribution in [2.45, 2.75) is 51.1 Å². The van der Waals surface area contributed by atoms with Gasteiger partial charge in [-0.25, -0.2) is 8.42 Å². The predicted molar refractivity (Wildman–Crippen MR) is 165 cm³/mol. The number of thiol groups is 1. The lowest BCUT2D eigenvalue weighted by molar-refractivity contribution is -0.160. The monoisotopic (exact) mass is 632 g/mol. The maximum absolute atomic E-state index is 14.5. The van der Waals surface area contributed by atoms with E-state index in [2.05, 4.69) is 0 Å². The van der Waals surface area contributed by atoms with Crippen molar-refractivity contribution in [2.75, 3.05) is 18.0 Å². The molecule has 0 radical (unpaired) electrons. The number of methoxy groups -OCH3 is 1. The third kappa shape index (κ3) is 6.85. The molecule has 0 unspecified atom stereocenters. The topological polar surface area (TPSA) is 104 Å². The SMILES string of the molecule is CC[C@@H](CN(c1ccc(OC)cc1)[SH](=O)=O)N1C(=O)[C@@](C)(CC(=O)O)C[C@H](c2cccc(Cl)c2)[C@H]1c1ccc(Cl)cc1. The fraction of sp³-hybridized carbons (Fsp3) is 0.355. The Morgan fingerprint density at radius 1 is 1.07 bits per heavy atom. The van der Waals surface area contributed by atoms with Gasteiger partial charge < -0.3 is 14.7 Å². The molecule has 3 aromatic rings. The largest absolute Gasteiger partial charge is 0.497 e. The van der Waals surface area contributed by atoms with Gasteiger partial charge in [0.1, 0.15) is 5.75 Å². The normalized spacial score (nSPS) is 21.3. The summed E-state index contributed by atoms with van der Waals surface area (Å²) in [5.41, 5.74) is 0.835. The number of carbonyl (C=O) groups excluding carboxylic acids is 1. The summed E-state index contributed by atoms with van der Waals surface area (Å²) >= 11 is 12.6. The summed E-state index contributed by atoms with van der Waals surface area (Å²) in [4.78, 5) is 28.2. The molecular weight excluding hydrogens is 599 g/mol. The van der Waals surface area contributed by atoms with Crippen LogP contribution in [0.4, 0.5) is 5.69 Å². The quantitative estimate of drug-likeness (QED) is 0.239. The van der Waals surface area contributed by atoms with Gasteiger partial charge in [-0.15, -0.1) is 0 Å². The fourth-order valence-electron chi connectivity index (χ4n) is 5.91. The van der Waals surface area contributed by atoms with Crippen molar-refractivity contribution in [2.24, 2.45) is 5.41 Å². The molecule has 8 nitrogen and oxygen atoms in total. The highest BCUT2D eigenvalue weighted by Gasteiger charge is 2.52. The van der Waals surface area contributed by atoms with Gasteiger partial charge in [0, 0.05) is 16.0 Å². The Labute approximate surface area is 257 Å². The van der Waals surface area contributed by atoms with Crippen LogP contribution in [0.15, 0.2) is 72.8 Å². The number of likely N-dealkylation sites (tertiary alicyclic amines) is 1. The van der Waals surface area contributed by atoms with Gasteiger partial charge in [-0.1, -0.05) is 61.3 Å². The highest BCUT2D eigenvalue weighted by Crippen LogP contribution is 2.52. The number of rotatable bonds is 11. The van der Waals surface area contributed by atoms with Crippen LogP contribution >= 0.6 is 23.2 Å². The van der Waals surface area contributed by atoms with Crippen molar-refractivity contribution in [3.05, 3.63) is 94.0 Å². The standard InChI is InChI=1S/C31H34Cl2N2O6S/c1-4-24(19-34(42(39)40)25-12-14-26(41-3)15-13-25)35-29(20-8-10-22(32)11-9-20)27(21-6-5-7-23(33)16-21)17-31(2,30(35)38)18-28(36)37/h5-16,24,27,29,42H,4,17-19H2,1-3H3,(H,36,37)/t24-,27+,29+,31+/m0/s1.